The maximum absolute atomic E-state index is 12.8. The number of benzene rings is 2. The summed E-state index contributed by atoms with van der Waals surface area (Å²) in [7, 11) is -3.49. The van der Waals surface area contributed by atoms with Crippen LogP contribution in [-0.2, 0) is 35.5 Å². The van der Waals surface area contributed by atoms with E-state index in [-0.39, 0.29) is 0 Å². The summed E-state index contributed by atoms with van der Waals surface area (Å²) < 4.78 is 43.7. The topological polar surface area (TPSA) is 65.1 Å². The van der Waals surface area contributed by atoms with Gasteiger partial charge in [0, 0.05) is 48.7 Å². The predicted octanol–water partition coefficient (Wildman–Crippen LogP) is 3.17. The van der Waals surface area contributed by atoms with Crippen LogP contribution in [0, 0.1) is 0 Å². The first-order chi connectivity index (χ1) is 19.5. The van der Waals surface area contributed by atoms with E-state index in [9.17, 15) is 8.42 Å². The number of fused-ring (bicyclic) bond motifs is 7. The molecule has 2 aromatic rings. The number of ether oxygens (including phenoxy) is 2. The van der Waals surface area contributed by atoms with Crippen LogP contribution in [0.25, 0.3) is 0 Å². The van der Waals surface area contributed by atoms with Crippen LogP contribution < -0.4 is 19.3 Å². The highest BCUT2D eigenvalue weighted by molar-refractivity contribution is 7.97. The molecule has 0 atom stereocenters. The van der Waals surface area contributed by atoms with Gasteiger partial charge in [-0.1, -0.05) is 0 Å². The minimum absolute atomic E-state index is 0.600. The molecule has 9 heteroatoms. The molecule has 0 amide bonds. The molecule has 10 rings (SSSR count). The highest BCUT2D eigenvalue weighted by atomic mass is 32.2. The van der Waals surface area contributed by atoms with Crippen LogP contribution in [0.3, 0.4) is 0 Å². The molecule has 8 aliphatic rings. The minimum atomic E-state index is -3.49. The van der Waals surface area contributed by atoms with Crippen LogP contribution in [0.5, 0.6) is 11.5 Å². The van der Waals surface area contributed by atoms with Crippen molar-refractivity contribution in [2.24, 2.45) is 0 Å². The van der Waals surface area contributed by atoms with E-state index in [0.29, 0.717) is 11.4 Å². The van der Waals surface area contributed by atoms with Gasteiger partial charge in [0.1, 0.15) is 10.8 Å². The van der Waals surface area contributed by atoms with Crippen molar-refractivity contribution in [3.05, 3.63) is 67.7 Å². The maximum Gasteiger partial charge on any atom is 0.715 e. The van der Waals surface area contributed by atoms with Crippen molar-refractivity contribution in [2.45, 2.75) is 57.4 Å². The van der Waals surface area contributed by atoms with Crippen molar-refractivity contribution in [1.82, 2.24) is 0 Å². The summed E-state index contributed by atoms with van der Waals surface area (Å²) in [5, 5.41) is 2.71. The first-order valence-corrected chi connectivity index (χ1v) is 16.3. The van der Waals surface area contributed by atoms with Crippen molar-refractivity contribution in [3.8, 4) is 11.5 Å². The summed E-state index contributed by atoms with van der Waals surface area (Å²) in [4.78, 5) is 5.05. The summed E-state index contributed by atoms with van der Waals surface area (Å²) in [6, 6.07) is 3.18. The molecule has 1 saturated heterocycles. The van der Waals surface area contributed by atoms with Gasteiger partial charge in [0.2, 0.25) is 9.84 Å². The second-order valence-electron chi connectivity index (χ2n) is 12.3. The van der Waals surface area contributed by atoms with Crippen LogP contribution >= 0.6 is 0 Å². The molecule has 202 valence electrons. The lowest BCUT2D eigenvalue weighted by atomic mass is 9.88. The molecule has 1 fully saturated rings. The van der Waals surface area contributed by atoms with Gasteiger partial charge in [-0.3, -0.25) is 0 Å². The summed E-state index contributed by atoms with van der Waals surface area (Å²) in [5.74, 6) is 1.75. The first-order valence-electron chi connectivity index (χ1n) is 14.7. The van der Waals surface area contributed by atoms with Crippen LogP contribution in [0.1, 0.15) is 59.1 Å². The Balaban J connectivity index is 1.24. The van der Waals surface area contributed by atoms with E-state index < -0.39 is 15.9 Å². The molecule has 8 aliphatic heterocycles. The van der Waals surface area contributed by atoms with E-state index in [1.54, 1.807) is 0 Å². The molecule has 0 saturated carbocycles. The Morgan fingerprint density at radius 2 is 1.12 bits per heavy atom. The largest absolute Gasteiger partial charge is 0.715 e. The lowest BCUT2D eigenvalue weighted by molar-refractivity contribution is -0.838. The third-order valence-electron chi connectivity index (χ3n) is 9.95. The van der Waals surface area contributed by atoms with Gasteiger partial charge in [0.05, 0.1) is 11.1 Å². The lowest BCUT2D eigenvalue weighted by Gasteiger charge is -2.40. The zero-order chi connectivity index (χ0) is 26.4. The molecule has 2 aromatic carbocycles. The molecule has 8 heterocycles. The highest BCUT2D eigenvalue weighted by Crippen LogP contribution is 2.52. The van der Waals surface area contributed by atoms with Crippen molar-refractivity contribution in [3.63, 3.8) is 0 Å². The number of aryl methyl sites for hydroxylation is 2. The molecule has 0 aliphatic carbocycles. The number of hydrogen-bond donors (Lipinski definition) is 0. The van der Waals surface area contributed by atoms with Crippen molar-refractivity contribution in [2.75, 3.05) is 36.0 Å². The second kappa shape index (κ2) is 7.18. The molecule has 0 radical (unpaired) electrons. The normalized spacial score (nSPS) is 24.8. The quantitative estimate of drug-likeness (QED) is 0.467. The summed E-state index contributed by atoms with van der Waals surface area (Å²) in [6.45, 7) is 4.36. The minimum Gasteiger partial charge on any atom is -0.371 e. The number of anilines is 2. The van der Waals surface area contributed by atoms with Crippen molar-refractivity contribution < 1.29 is 27.0 Å². The van der Waals surface area contributed by atoms with Crippen LogP contribution in [0.2, 0.25) is 0 Å². The summed E-state index contributed by atoms with van der Waals surface area (Å²) in [5.41, 5.74) is 11.2. The molecule has 1 spiro atoms. The highest BCUT2D eigenvalue weighted by Gasteiger charge is 2.76. The molecule has 0 unspecified atom stereocenters. The Hall–Kier alpha value is -3.59. The van der Waals surface area contributed by atoms with E-state index in [1.807, 2.05) is 9.15 Å². The molecular weight excluding hydrogens is 524 g/mol. The number of hydrogen-bond acceptors (Lipinski definition) is 6. The fourth-order valence-corrected chi connectivity index (χ4v) is 9.61. The van der Waals surface area contributed by atoms with Crippen molar-refractivity contribution in [1.29, 1.82) is 0 Å². The fraction of sp³-hybridized carbons (Fsp3) is 0.419. The van der Waals surface area contributed by atoms with Crippen LogP contribution in [0.4, 0.5) is 11.4 Å². The van der Waals surface area contributed by atoms with E-state index in [2.05, 4.69) is 34.4 Å². The average Bonchev–Trinajstić information content (AvgIpc) is 3.39. The smallest absolute Gasteiger partial charge is 0.371 e. The third-order valence-corrected chi connectivity index (χ3v) is 11.1. The number of rotatable bonds is 0. The van der Waals surface area contributed by atoms with Gasteiger partial charge >= 0.3 is 17.4 Å². The number of nitrogens with zero attached hydrogens (tertiary/aromatic N) is 4. The van der Waals surface area contributed by atoms with Crippen LogP contribution in [0.15, 0.2) is 34.3 Å². The first kappa shape index (κ1) is 22.1. The molecule has 40 heavy (non-hydrogen) atoms. The van der Waals surface area contributed by atoms with E-state index in [4.69, 9.17) is 9.47 Å². The van der Waals surface area contributed by atoms with Gasteiger partial charge in [-0.15, -0.1) is 0 Å². The van der Waals surface area contributed by atoms with E-state index in [1.165, 1.54) is 44.4 Å². The zero-order valence-corrected chi connectivity index (χ0v) is 23.1. The SMILES string of the molecule is O=S1(=O)C=C2C(=C1)[N+]1=Cc3cc4c5c(c3OC13Oc1c(cc6c7c1CCCN7CCC6)C=[N+]23)CCCN5CCC4. The van der Waals surface area contributed by atoms with Gasteiger partial charge in [-0.2, -0.15) is 0 Å². The van der Waals surface area contributed by atoms with Gasteiger partial charge in [-0.05, 0) is 83.8 Å². The molecule has 0 bridgehead atoms. The van der Waals surface area contributed by atoms with Gasteiger partial charge in [-0.25, -0.2) is 8.42 Å². The van der Waals surface area contributed by atoms with Gasteiger partial charge < -0.3 is 19.3 Å². The summed E-state index contributed by atoms with van der Waals surface area (Å²) >= 11 is 0. The Morgan fingerprint density at radius 3 is 1.60 bits per heavy atom. The zero-order valence-electron chi connectivity index (χ0n) is 22.3. The standard InChI is InChI=1S/C31H30N4O4S/c36-40(37)17-25-26(18-40)35-16-22-14-20-6-2-10-33-12-4-8-24(28(20)33)30(22)39-31(35)34(25)15-21-13-19-5-1-9-32-11-3-7-23(27(19)32)29(21)38-31/h13-18H,1-12H2/q+2. The Labute approximate surface area is 233 Å². The monoisotopic (exact) mass is 554 g/mol. The van der Waals surface area contributed by atoms with E-state index >= 15 is 0 Å². The van der Waals surface area contributed by atoms with E-state index in [0.717, 1.165) is 100 Å². The molecule has 0 aromatic heterocycles. The number of sulfone groups is 1. The lowest BCUT2D eigenvalue weighted by Crippen LogP contribution is -2.59. The molecule has 0 N–H and O–H groups in total. The Morgan fingerprint density at radius 1 is 0.675 bits per heavy atom. The second-order valence-corrected chi connectivity index (χ2v) is 13.9. The Kier molecular flexibility index (Phi) is 3.97. The Bertz CT molecular complexity index is 1720. The van der Waals surface area contributed by atoms with Crippen LogP contribution in [-0.4, -0.2) is 62.2 Å². The third kappa shape index (κ3) is 2.65. The fourth-order valence-electron chi connectivity index (χ4n) is 8.46. The van der Waals surface area contributed by atoms with Gasteiger partial charge in [0.25, 0.3) is 0 Å². The summed E-state index contributed by atoms with van der Waals surface area (Å²) in [6.07, 6.45) is 12.7. The van der Waals surface area contributed by atoms with Gasteiger partial charge in [0.15, 0.2) is 23.9 Å². The predicted molar refractivity (Wildman–Crippen MR) is 151 cm³/mol. The van der Waals surface area contributed by atoms with Crippen molar-refractivity contribution >= 4 is 33.6 Å². The molecular formula is C31H30N4O4S+2. The average molecular weight is 555 g/mol. The maximum atomic E-state index is 12.8. The molecule has 8 nitrogen and oxygen atoms in total.